The van der Waals surface area contributed by atoms with Crippen molar-refractivity contribution >= 4 is 0 Å². The molecule has 0 saturated heterocycles. The highest BCUT2D eigenvalue weighted by Crippen LogP contribution is 2.19. The molecule has 0 spiro atoms. The number of methoxy groups -OCH3 is 1. The van der Waals surface area contributed by atoms with Crippen LogP contribution in [-0.2, 0) is 0 Å². The summed E-state index contributed by atoms with van der Waals surface area (Å²) in [6, 6.07) is 17.3. The standard InChI is InChI=1S/C18H23NO3/c1-19(11-12-22-16-8-4-3-5-9-16)14-18(20)15-7-6-10-17(13-15)21-2/h3-10,13,18,20H,11-12,14H2,1-2H3. The SMILES string of the molecule is COc1cccc(C(O)CN(C)CCOc2ccccc2)c1. The van der Waals surface area contributed by atoms with Crippen LogP contribution in [0.3, 0.4) is 0 Å². The number of para-hydroxylation sites is 1. The van der Waals surface area contributed by atoms with Crippen LogP contribution in [0.25, 0.3) is 0 Å². The lowest BCUT2D eigenvalue weighted by atomic mass is 10.1. The molecule has 1 N–H and O–H groups in total. The zero-order chi connectivity index (χ0) is 15.8. The monoisotopic (exact) mass is 301 g/mol. The van der Waals surface area contributed by atoms with Crippen LogP contribution in [-0.4, -0.2) is 43.9 Å². The summed E-state index contributed by atoms with van der Waals surface area (Å²) in [5.74, 6) is 1.62. The molecule has 0 aliphatic rings. The Bertz CT molecular complexity index is 559. The number of benzene rings is 2. The van der Waals surface area contributed by atoms with Gasteiger partial charge in [0.1, 0.15) is 18.1 Å². The van der Waals surface area contributed by atoms with Crippen LogP contribution in [0.2, 0.25) is 0 Å². The lowest BCUT2D eigenvalue weighted by Gasteiger charge is -2.21. The number of likely N-dealkylation sites (N-methyl/N-ethyl adjacent to an activating group) is 1. The average molecular weight is 301 g/mol. The second-order valence-corrected chi connectivity index (χ2v) is 5.22. The van der Waals surface area contributed by atoms with Gasteiger partial charge in [-0.05, 0) is 36.9 Å². The van der Waals surface area contributed by atoms with Crippen LogP contribution in [0, 0.1) is 0 Å². The summed E-state index contributed by atoms with van der Waals surface area (Å²) in [4.78, 5) is 2.05. The second kappa shape index (κ2) is 8.41. The van der Waals surface area contributed by atoms with Crippen molar-refractivity contribution in [3.05, 3.63) is 60.2 Å². The molecule has 0 radical (unpaired) electrons. The first kappa shape index (κ1) is 16.3. The maximum atomic E-state index is 10.3. The minimum atomic E-state index is -0.545. The molecule has 1 atom stereocenters. The Morgan fingerprint density at radius 3 is 2.50 bits per heavy atom. The Balaban J connectivity index is 1.77. The third-order valence-electron chi connectivity index (χ3n) is 3.45. The fourth-order valence-corrected chi connectivity index (χ4v) is 2.18. The first-order chi connectivity index (χ1) is 10.7. The van der Waals surface area contributed by atoms with E-state index in [1.807, 2.05) is 66.5 Å². The van der Waals surface area contributed by atoms with E-state index in [1.54, 1.807) is 7.11 Å². The first-order valence-electron chi connectivity index (χ1n) is 7.37. The molecule has 118 valence electrons. The minimum Gasteiger partial charge on any atom is -0.497 e. The van der Waals surface area contributed by atoms with Crippen molar-refractivity contribution in [2.75, 3.05) is 33.9 Å². The number of rotatable bonds is 8. The average Bonchev–Trinajstić information content (AvgIpc) is 2.56. The van der Waals surface area contributed by atoms with Crippen molar-refractivity contribution in [3.8, 4) is 11.5 Å². The van der Waals surface area contributed by atoms with Crippen molar-refractivity contribution in [2.45, 2.75) is 6.10 Å². The number of aliphatic hydroxyl groups is 1. The molecular weight excluding hydrogens is 278 g/mol. The molecule has 0 aromatic heterocycles. The Hall–Kier alpha value is -2.04. The van der Waals surface area contributed by atoms with Crippen LogP contribution in [0.1, 0.15) is 11.7 Å². The summed E-state index contributed by atoms with van der Waals surface area (Å²) in [5.41, 5.74) is 0.857. The Kier molecular flexibility index (Phi) is 6.25. The largest absolute Gasteiger partial charge is 0.497 e. The number of hydrogen-bond acceptors (Lipinski definition) is 4. The predicted octanol–water partition coefficient (Wildman–Crippen LogP) is 2.74. The van der Waals surface area contributed by atoms with E-state index in [9.17, 15) is 5.11 Å². The van der Waals surface area contributed by atoms with Crippen molar-refractivity contribution in [1.29, 1.82) is 0 Å². The lowest BCUT2D eigenvalue weighted by molar-refractivity contribution is 0.117. The molecule has 2 aromatic rings. The smallest absolute Gasteiger partial charge is 0.119 e. The first-order valence-corrected chi connectivity index (χ1v) is 7.37. The van der Waals surface area contributed by atoms with Crippen LogP contribution < -0.4 is 9.47 Å². The van der Waals surface area contributed by atoms with Crippen molar-refractivity contribution in [3.63, 3.8) is 0 Å². The highest BCUT2D eigenvalue weighted by atomic mass is 16.5. The Morgan fingerprint density at radius 1 is 1.05 bits per heavy atom. The van der Waals surface area contributed by atoms with Crippen molar-refractivity contribution in [2.24, 2.45) is 0 Å². The van der Waals surface area contributed by atoms with E-state index in [-0.39, 0.29) is 0 Å². The van der Waals surface area contributed by atoms with Gasteiger partial charge in [-0.15, -0.1) is 0 Å². The van der Waals surface area contributed by atoms with E-state index >= 15 is 0 Å². The number of nitrogens with zero attached hydrogens (tertiary/aromatic N) is 1. The fraction of sp³-hybridized carbons (Fsp3) is 0.333. The van der Waals surface area contributed by atoms with Gasteiger partial charge in [0.05, 0.1) is 13.2 Å². The molecule has 0 saturated carbocycles. The van der Waals surface area contributed by atoms with Gasteiger partial charge in [0, 0.05) is 13.1 Å². The zero-order valence-electron chi connectivity index (χ0n) is 13.1. The predicted molar refractivity (Wildman–Crippen MR) is 87.4 cm³/mol. The van der Waals surface area contributed by atoms with Crippen molar-refractivity contribution in [1.82, 2.24) is 4.90 Å². The summed E-state index contributed by atoms with van der Waals surface area (Å²) in [6.07, 6.45) is -0.545. The van der Waals surface area contributed by atoms with Gasteiger partial charge >= 0.3 is 0 Å². The normalized spacial score (nSPS) is 12.2. The quantitative estimate of drug-likeness (QED) is 0.814. The summed E-state index contributed by atoms with van der Waals surface area (Å²) in [7, 11) is 3.59. The van der Waals surface area contributed by atoms with Crippen LogP contribution in [0.5, 0.6) is 11.5 Å². The lowest BCUT2D eigenvalue weighted by Crippen LogP contribution is -2.28. The molecule has 4 nitrogen and oxygen atoms in total. The van der Waals surface area contributed by atoms with Gasteiger partial charge in [0.2, 0.25) is 0 Å². The molecule has 4 heteroatoms. The minimum absolute atomic E-state index is 0.545. The third kappa shape index (κ3) is 5.06. The summed E-state index contributed by atoms with van der Waals surface area (Å²) in [5, 5.41) is 10.3. The number of aliphatic hydroxyl groups excluding tert-OH is 1. The number of ether oxygens (including phenoxy) is 2. The van der Waals surface area contributed by atoms with E-state index in [0.29, 0.717) is 13.2 Å². The Labute approximate surface area is 131 Å². The molecule has 2 aromatic carbocycles. The van der Waals surface area contributed by atoms with Gasteiger partial charge < -0.3 is 19.5 Å². The van der Waals surface area contributed by atoms with E-state index in [2.05, 4.69) is 0 Å². The highest BCUT2D eigenvalue weighted by Gasteiger charge is 2.11. The number of hydrogen-bond donors (Lipinski definition) is 1. The molecule has 22 heavy (non-hydrogen) atoms. The summed E-state index contributed by atoms with van der Waals surface area (Å²) in [6.45, 7) is 1.88. The second-order valence-electron chi connectivity index (χ2n) is 5.22. The van der Waals surface area contributed by atoms with Gasteiger partial charge in [0.15, 0.2) is 0 Å². The van der Waals surface area contributed by atoms with Gasteiger partial charge in [-0.25, -0.2) is 0 Å². The summed E-state index contributed by atoms with van der Waals surface area (Å²) < 4.78 is 10.8. The van der Waals surface area contributed by atoms with E-state index < -0.39 is 6.10 Å². The molecule has 2 rings (SSSR count). The van der Waals surface area contributed by atoms with Gasteiger partial charge in [-0.3, -0.25) is 0 Å². The van der Waals surface area contributed by atoms with E-state index in [4.69, 9.17) is 9.47 Å². The molecular formula is C18H23NO3. The van der Waals surface area contributed by atoms with Crippen LogP contribution in [0.15, 0.2) is 54.6 Å². The van der Waals surface area contributed by atoms with Gasteiger partial charge in [-0.2, -0.15) is 0 Å². The maximum Gasteiger partial charge on any atom is 0.119 e. The maximum absolute atomic E-state index is 10.3. The van der Waals surface area contributed by atoms with E-state index in [0.717, 1.165) is 23.6 Å². The fourth-order valence-electron chi connectivity index (χ4n) is 2.18. The Morgan fingerprint density at radius 2 is 1.77 bits per heavy atom. The molecule has 0 amide bonds. The zero-order valence-corrected chi connectivity index (χ0v) is 13.1. The molecule has 0 fully saturated rings. The third-order valence-corrected chi connectivity index (χ3v) is 3.45. The topological polar surface area (TPSA) is 41.9 Å². The van der Waals surface area contributed by atoms with Gasteiger partial charge in [0.25, 0.3) is 0 Å². The highest BCUT2D eigenvalue weighted by molar-refractivity contribution is 5.29. The van der Waals surface area contributed by atoms with Gasteiger partial charge in [-0.1, -0.05) is 30.3 Å². The molecule has 0 heterocycles. The molecule has 1 unspecified atom stereocenters. The van der Waals surface area contributed by atoms with E-state index in [1.165, 1.54) is 0 Å². The molecule has 0 bridgehead atoms. The molecule has 0 aliphatic heterocycles. The van der Waals surface area contributed by atoms with Crippen molar-refractivity contribution < 1.29 is 14.6 Å². The summed E-state index contributed by atoms with van der Waals surface area (Å²) >= 11 is 0. The van der Waals surface area contributed by atoms with Crippen LogP contribution >= 0.6 is 0 Å². The molecule has 0 aliphatic carbocycles. The van der Waals surface area contributed by atoms with Crippen LogP contribution in [0.4, 0.5) is 0 Å².